The van der Waals surface area contributed by atoms with Crippen molar-refractivity contribution in [2.24, 2.45) is 11.1 Å². The van der Waals surface area contributed by atoms with Gasteiger partial charge in [-0.2, -0.15) is 0 Å². The highest BCUT2D eigenvalue weighted by Crippen LogP contribution is 2.21. The first kappa shape index (κ1) is 21.8. The number of halogens is 1. The Morgan fingerprint density at radius 3 is 2.57 bits per heavy atom. The fraction of sp³-hybridized carbons (Fsp3) is 0.417. The Kier molecular flexibility index (Phi) is 7.08. The molecule has 0 bridgehead atoms. The Hall–Kier alpha value is -2.89. The summed E-state index contributed by atoms with van der Waals surface area (Å²) < 4.78 is 13.6. The second-order valence-corrected chi connectivity index (χ2v) is 8.41. The molecule has 0 N–H and O–H groups in total. The third kappa shape index (κ3) is 5.81. The molecule has 0 spiro atoms. The van der Waals surface area contributed by atoms with Gasteiger partial charge in [0.05, 0.1) is 12.3 Å². The van der Waals surface area contributed by atoms with Gasteiger partial charge < -0.3 is 14.6 Å². The van der Waals surface area contributed by atoms with Crippen molar-refractivity contribution >= 4 is 17.3 Å². The number of rotatable bonds is 8. The number of hydrogen-bond donors (Lipinski definition) is 0. The van der Waals surface area contributed by atoms with E-state index in [9.17, 15) is 9.18 Å². The number of hydrogen-bond acceptors (Lipinski definition) is 4. The van der Waals surface area contributed by atoms with Crippen LogP contribution in [-0.2, 0) is 16.2 Å². The lowest BCUT2D eigenvalue weighted by molar-refractivity contribution is -0.134. The van der Waals surface area contributed by atoms with Gasteiger partial charge in [-0.15, -0.1) is 0 Å². The number of benzene rings is 2. The minimum atomic E-state index is -0.298. The van der Waals surface area contributed by atoms with Crippen LogP contribution in [0.4, 0.5) is 10.1 Å². The summed E-state index contributed by atoms with van der Waals surface area (Å²) in [6.07, 6.45) is 0.871. The molecule has 0 fully saturated rings. The molecule has 0 aromatic heterocycles. The van der Waals surface area contributed by atoms with Crippen LogP contribution in [0.25, 0.3) is 0 Å². The van der Waals surface area contributed by atoms with Crippen molar-refractivity contribution in [3.05, 3.63) is 65.5 Å². The summed E-state index contributed by atoms with van der Waals surface area (Å²) in [5.41, 5.74) is 3.79. The number of nitrogens with zero attached hydrogens (tertiary/aromatic N) is 3. The van der Waals surface area contributed by atoms with E-state index in [4.69, 9.17) is 4.84 Å². The van der Waals surface area contributed by atoms with Crippen LogP contribution in [-0.4, -0.2) is 43.3 Å². The summed E-state index contributed by atoms with van der Waals surface area (Å²) in [7, 11) is 4.01. The average molecular weight is 412 g/mol. The predicted octanol–water partition coefficient (Wildman–Crippen LogP) is 4.46. The van der Waals surface area contributed by atoms with Gasteiger partial charge >= 0.3 is 0 Å². The lowest BCUT2D eigenvalue weighted by atomic mass is 10.0. The monoisotopic (exact) mass is 411 g/mol. The summed E-state index contributed by atoms with van der Waals surface area (Å²) in [5, 5.41) is 4.26. The molecule has 0 aliphatic carbocycles. The minimum absolute atomic E-state index is 0.0432. The maximum Gasteiger partial charge on any atom is 0.223 e. The van der Waals surface area contributed by atoms with Crippen molar-refractivity contribution in [2.75, 3.05) is 25.5 Å². The van der Waals surface area contributed by atoms with Crippen LogP contribution in [0.2, 0.25) is 0 Å². The highest BCUT2D eigenvalue weighted by molar-refractivity contribution is 6.01. The van der Waals surface area contributed by atoms with Gasteiger partial charge in [-0.05, 0) is 41.3 Å². The zero-order chi connectivity index (χ0) is 21.7. The highest BCUT2D eigenvalue weighted by Gasteiger charge is 2.27. The summed E-state index contributed by atoms with van der Waals surface area (Å²) in [6, 6.07) is 14.6. The van der Waals surface area contributed by atoms with Crippen molar-refractivity contribution in [3.63, 3.8) is 0 Å². The molecule has 30 heavy (non-hydrogen) atoms. The molecule has 1 heterocycles. The van der Waals surface area contributed by atoms with Crippen molar-refractivity contribution in [2.45, 2.75) is 39.3 Å². The fourth-order valence-electron chi connectivity index (χ4n) is 3.48. The molecular weight excluding hydrogens is 381 g/mol. The summed E-state index contributed by atoms with van der Waals surface area (Å²) >= 11 is 0. The molecule has 160 valence electrons. The van der Waals surface area contributed by atoms with E-state index in [1.54, 1.807) is 11.0 Å². The number of anilines is 1. The van der Waals surface area contributed by atoms with Crippen molar-refractivity contribution in [1.29, 1.82) is 0 Å². The van der Waals surface area contributed by atoms with Gasteiger partial charge in [-0.3, -0.25) is 4.79 Å². The zero-order valence-electron chi connectivity index (χ0n) is 18.1. The Balaban J connectivity index is 1.66. The summed E-state index contributed by atoms with van der Waals surface area (Å²) in [6.45, 7) is 4.81. The van der Waals surface area contributed by atoms with Gasteiger partial charge in [0, 0.05) is 39.2 Å². The van der Waals surface area contributed by atoms with E-state index < -0.39 is 0 Å². The first-order valence-corrected chi connectivity index (χ1v) is 10.3. The van der Waals surface area contributed by atoms with E-state index >= 15 is 0 Å². The number of amides is 1. The van der Waals surface area contributed by atoms with Crippen LogP contribution in [0.1, 0.15) is 37.8 Å². The molecular formula is C24H30FN3O2. The van der Waals surface area contributed by atoms with Crippen LogP contribution in [0, 0.1) is 11.7 Å². The Morgan fingerprint density at radius 1 is 1.20 bits per heavy atom. The van der Waals surface area contributed by atoms with Crippen molar-refractivity contribution < 1.29 is 14.0 Å². The Labute approximate surface area is 178 Å². The molecule has 1 atom stereocenters. The van der Waals surface area contributed by atoms with Gasteiger partial charge in [0.25, 0.3) is 0 Å². The SMILES string of the molecule is CC(C)CC(=O)N(Cc1cccc(F)c1)CC1CC(c2ccc(N(C)C)cc2)=NO1. The fourth-order valence-corrected chi connectivity index (χ4v) is 3.48. The standard InChI is InChI=1S/C24H30FN3O2/c1-17(2)12-24(29)28(15-18-6-5-7-20(25)13-18)16-22-14-23(26-30-22)19-8-10-21(11-9-19)27(3)4/h5-11,13,17,22H,12,14-16H2,1-4H3. The van der Waals surface area contributed by atoms with Gasteiger partial charge in [-0.25, -0.2) is 4.39 Å². The third-order valence-corrected chi connectivity index (χ3v) is 5.07. The molecule has 1 unspecified atom stereocenters. The smallest absolute Gasteiger partial charge is 0.223 e. The molecule has 1 aliphatic heterocycles. The van der Waals surface area contributed by atoms with Gasteiger partial charge in [0.2, 0.25) is 5.91 Å². The number of oxime groups is 1. The van der Waals surface area contributed by atoms with Crippen LogP contribution < -0.4 is 4.90 Å². The molecule has 0 saturated carbocycles. The van der Waals surface area contributed by atoms with Gasteiger partial charge in [-0.1, -0.05) is 43.3 Å². The molecule has 1 amide bonds. The summed E-state index contributed by atoms with van der Waals surface area (Å²) in [5.74, 6) is -0.00617. The second kappa shape index (κ2) is 9.74. The lowest BCUT2D eigenvalue weighted by Gasteiger charge is -2.26. The van der Waals surface area contributed by atoms with Crippen LogP contribution in [0.15, 0.2) is 53.7 Å². The van der Waals surface area contributed by atoms with E-state index in [0.717, 1.165) is 22.5 Å². The number of carbonyl (C=O) groups is 1. The van der Waals surface area contributed by atoms with E-state index in [1.165, 1.54) is 12.1 Å². The normalized spacial score (nSPS) is 15.7. The molecule has 2 aromatic carbocycles. The van der Waals surface area contributed by atoms with E-state index in [-0.39, 0.29) is 23.7 Å². The van der Waals surface area contributed by atoms with Gasteiger partial charge in [0.15, 0.2) is 6.10 Å². The highest BCUT2D eigenvalue weighted by atomic mass is 19.1. The molecule has 3 rings (SSSR count). The second-order valence-electron chi connectivity index (χ2n) is 8.41. The maximum absolute atomic E-state index is 13.6. The van der Waals surface area contributed by atoms with Crippen LogP contribution in [0.5, 0.6) is 0 Å². The van der Waals surface area contributed by atoms with Gasteiger partial charge in [0.1, 0.15) is 5.82 Å². The Bertz CT molecular complexity index is 894. The molecule has 5 nitrogen and oxygen atoms in total. The minimum Gasteiger partial charge on any atom is -0.390 e. The van der Waals surface area contributed by atoms with E-state index in [2.05, 4.69) is 5.16 Å². The van der Waals surface area contributed by atoms with Crippen LogP contribution in [0.3, 0.4) is 0 Å². The zero-order valence-corrected chi connectivity index (χ0v) is 18.1. The van der Waals surface area contributed by atoms with Crippen molar-refractivity contribution in [3.8, 4) is 0 Å². The summed E-state index contributed by atoms with van der Waals surface area (Å²) in [4.78, 5) is 22.3. The predicted molar refractivity (Wildman–Crippen MR) is 118 cm³/mol. The largest absolute Gasteiger partial charge is 0.390 e. The van der Waals surface area contributed by atoms with E-state index in [0.29, 0.717) is 25.9 Å². The lowest BCUT2D eigenvalue weighted by Crippen LogP contribution is -2.37. The molecule has 0 saturated heterocycles. The third-order valence-electron chi connectivity index (χ3n) is 5.07. The maximum atomic E-state index is 13.6. The topological polar surface area (TPSA) is 45.1 Å². The average Bonchev–Trinajstić information content (AvgIpc) is 3.15. The first-order chi connectivity index (χ1) is 14.3. The Morgan fingerprint density at radius 2 is 1.93 bits per heavy atom. The molecule has 6 heteroatoms. The van der Waals surface area contributed by atoms with Crippen molar-refractivity contribution in [1.82, 2.24) is 4.90 Å². The number of carbonyl (C=O) groups excluding carboxylic acids is 1. The quantitative estimate of drug-likeness (QED) is 0.644. The van der Waals surface area contributed by atoms with Crippen LogP contribution >= 0.6 is 0 Å². The molecule has 2 aromatic rings. The molecule has 1 aliphatic rings. The van der Waals surface area contributed by atoms with E-state index in [1.807, 2.05) is 63.2 Å². The first-order valence-electron chi connectivity index (χ1n) is 10.3. The molecule has 0 radical (unpaired) electrons.